The molecule has 1 atom stereocenters. The Bertz CT molecular complexity index is 567. The van der Waals surface area contributed by atoms with Crippen LogP contribution in [0.25, 0.3) is 0 Å². The van der Waals surface area contributed by atoms with E-state index in [1.54, 1.807) is 28.8 Å². The number of anilines is 1. The van der Waals surface area contributed by atoms with Crippen molar-refractivity contribution in [3.05, 3.63) is 22.7 Å². The first kappa shape index (κ1) is 14.6. The summed E-state index contributed by atoms with van der Waals surface area (Å²) < 4.78 is 1.60. The van der Waals surface area contributed by atoms with E-state index in [0.717, 1.165) is 6.42 Å². The minimum absolute atomic E-state index is 0.212. The van der Waals surface area contributed by atoms with Gasteiger partial charge >= 0.3 is 5.97 Å². The molecule has 1 aliphatic heterocycles. The summed E-state index contributed by atoms with van der Waals surface area (Å²) in [6.07, 6.45) is 4.51. The van der Waals surface area contributed by atoms with Gasteiger partial charge in [-0.3, -0.25) is 4.79 Å². The molecule has 0 bridgehead atoms. The lowest BCUT2D eigenvalue weighted by atomic mass is 9.99. The minimum Gasteiger partial charge on any atom is -0.480 e. The highest BCUT2D eigenvalue weighted by atomic mass is 16.4. The number of carboxylic acids is 1. The van der Waals surface area contributed by atoms with Gasteiger partial charge < -0.3 is 14.6 Å². The maximum Gasteiger partial charge on any atom is 0.329 e. The summed E-state index contributed by atoms with van der Waals surface area (Å²) in [5, 5.41) is 9.43. The smallest absolute Gasteiger partial charge is 0.329 e. The van der Waals surface area contributed by atoms with Crippen molar-refractivity contribution in [2.24, 2.45) is 5.92 Å². The molecule has 1 fully saturated rings. The van der Waals surface area contributed by atoms with Crippen LogP contribution in [0.2, 0.25) is 0 Å². The van der Waals surface area contributed by atoms with Crippen molar-refractivity contribution in [1.82, 2.24) is 9.55 Å². The zero-order chi connectivity index (χ0) is 14.9. The van der Waals surface area contributed by atoms with Crippen LogP contribution in [0.15, 0.2) is 17.2 Å². The van der Waals surface area contributed by atoms with E-state index >= 15 is 0 Å². The molecular formula is C14H21N3O3. The Balaban J connectivity index is 2.43. The Morgan fingerprint density at radius 1 is 1.55 bits per heavy atom. The van der Waals surface area contributed by atoms with Crippen LogP contribution in [0.3, 0.4) is 0 Å². The molecule has 1 N–H and O–H groups in total. The number of rotatable bonds is 4. The summed E-state index contributed by atoms with van der Waals surface area (Å²) in [6.45, 7) is 6.87. The molecule has 0 spiro atoms. The third-order valence-corrected chi connectivity index (χ3v) is 3.81. The fourth-order valence-electron chi connectivity index (χ4n) is 2.68. The van der Waals surface area contributed by atoms with E-state index in [0.29, 0.717) is 25.4 Å². The second-order valence-electron chi connectivity index (χ2n) is 5.94. The van der Waals surface area contributed by atoms with Crippen molar-refractivity contribution in [3.63, 3.8) is 0 Å². The number of hydrogen-bond acceptors (Lipinski definition) is 4. The maximum atomic E-state index is 12.5. The van der Waals surface area contributed by atoms with Crippen molar-refractivity contribution < 1.29 is 9.90 Å². The van der Waals surface area contributed by atoms with Crippen LogP contribution >= 0.6 is 0 Å². The van der Waals surface area contributed by atoms with Gasteiger partial charge in [-0.15, -0.1) is 0 Å². The average Bonchev–Trinajstić information content (AvgIpc) is 2.75. The second kappa shape index (κ2) is 5.26. The van der Waals surface area contributed by atoms with E-state index in [1.807, 2.05) is 13.8 Å². The third kappa shape index (κ3) is 2.42. The molecule has 2 heterocycles. The summed E-state index contributed by atoms with van der Waals surface area (Å²) in [5.74, 6) is -0.321. The van der Waals surface area contributed by atoms with Gasteiger partial charge in [-0.25, -0.2) is 9.78 Å². The number of hydrogen-bond donors (Lipinski definition) is 1. The lowest BCUT2D eigenvalue weighted by Gasteiger charge is -2.31. The van der Waals surface area contributed by atoms with Gasteiger partial charge in [-0.2, -0.15) is 0 Å². The van der Waals surface area contributed by atoms with Crippen LogP contribution in [0.5, 0.6) is 0 Å². The SMILES string of the molecule is CC(C)Cn1ccnc(N2CCCC2(C)C(=O)O)c1=O. The van der Waals surface area contributed by atoms with Crippen LogP contribution in [0.4, 0.5) is 5.82 Å². The predicted molar refractivity (Wildman–Crippen MR) is 76.0 cm³/mol. The highest BCUT2D eigenvalue weighted by Gasteiger charge is 2.45. The zero-order valence-electron chi connectivity index (χ0n) is 12.2. The number of nitrogens with zero attached hydrogens (tertiary/aromatic N) is 3. The zero-order valence-corrected chi connectivity index (χ0v) is 12.2. The van der Waals surface area contributed by atoms with Gasteiger partial charge in [0.1, 0.15) is 5.54 Å². The molecule has 0 radical (unpaired) electrons. The number of carboxylic acid groups (broad SMARTS) is 1. The van der Waals surface area contributed by atoms with Crippen LogP contribution < -0.4 is 10.5 Å². The molecule has 1 saturated heterocycles. The molecule has 0 amide bonds. The van der Waals surface area contributed by atoms with E-state index in [2.05, 4.69) is 4.98 Å². The number of aromatic nitrogens is 2. The molecule has 0 saturated carbocycles. The Morgan fingerprint density at radius 3 is 2.85 bits per heavy atom. The van der Waals surface area contributed by atoms with Crippen molar-refractivity contribution >= 4 is 11.8 Å². The first-order valence-electron chi connectivity index (χ1n) is 6.92. The van der Waals surface area contributed by atoms with E-state index < -0.39 is 11.5 Å². The molecule has 1 aromatic heterocycles. The fourth-order valence-corrected chi connectivity index (χ4v) is 2.68. The monoisotopic (exact) mass is 279 g/mol. The van der Waals surface area contributed by atoms with Gasteiger partial charge in [0.05, 0.1) is 0 Å². The molecule has 110 valence electrons. The van der Waals surface area contributed by atoms with Gasteiger partial charge in [-0.05, 0) is 25.7 Å². The summed E-state index contributed by atoms with van der Waals surface area (Å²) in [5.41, 5.74) is -1.25. The van der Waals surface area contributed by atoms with E-state index in [9.17, 15) is 14.7 Å². The lowest BCUT2D eigenvalue weighted by Crippen LogP contribution is -2.50. The Kier molecular flexibility index (Phi) is 3.83. The highest BCUT2D eigenvalue weighted by Crippen LogP contribution is 2.31. The van der Waals surface area contributed by atoms with E-state index in [1.165, 1.54) is 0 Å². The van der Waals surface area contributed by atoms with Crippen molar-refractivity contribution in [3.8, 4) is 0 Å². The van der Waals surface area contributed by atoms with E-state index in [4.69, 9.17) is 0 Å². The average molecular weight is 279 g/mol. The molecule has 0 aliphatic carbocycles. The minimum atomic E-state index is -1.04. The number of carbonyl (C=O) groups is 1. The molecular weight excluding hydrogens is 258 g/mol. The lowest BCUT2D eigenvalue weighted by molar-refractivity contribution is -0.142. The Hall–Kier alpha value is -1.85. The summed E-state index contributed by atoms with van der Waals surface area (Å²) in [6, 6.07) is 0. The quantitative estimate of drug-likeness (QED) is 0.900. The molecule has 20 heavy (non-hydrogen) atoms. The van der Waals surface area contributed by atoms with Crippen LogP contribution in [-0.4, -0.2) is 32.7 Å². The largest absolute Gasteiger partial charge is 0.480 e. The van der Waals surface area contributed by atoms with Crippen molar-refractivity contribution in [1.29, 1.82) is 0 Å². The third-order valence-electron chi connectivity index (χ3n) is 3.81. The summed E-state index contributed by atoms with van der Waals surface area (Å²) in [4.78, 5) is 29.7. The highest BCUT2D eigenvalue weighted by molar-refractivity contribution is 5.83. The second-order valence-corrected chi connectivity index (χ2v) is 5.94. The molecule has 1 unspecified atom stereocenters. The standard InChI is InChI=1S/C14H21N3O3/c1-10(2)9-16-8-6-15-11(12(16)18)17-7-4-5-14(17,3)13(19)20/h6,8,10H,4-5,7,9H2,1-3H3,(H,19,20). The molecule has 0 aromatic carbocycles. The summed E-state index contributed by atoms with van der Waals surface area (Å²) in [7, 11) is 0. The van der Waals surface area contributed by atoms with Gasteiger partial charge in [-0.1, -0.05) is 13.8 Å². The molecule has 1 aliphatic rings. The molecule has 2 rings (SSSR count). The van der Waals surface area contributed by atoms with Gasteiger partial charge in [0, 0.05) is 25.5 Å². The molecule has 1 aromatic rings. The van der Waals surface area contributed by atoms with E-state index in [-0.39, 0.29) is 11.4 Å². The van der Waals surface area contributed by atoms with Crippen molar-refractivity contribution in [2.45, 2.75) is 45.7 Å². The predicted octanol–water partition coefficient (Wildman–Crippen LogP) is 1.34. The normalized spacial score (nSPS) is 22.5. The molecule has 6 nitrogen and oxygen atoms in total. The Morgan fingerprint density at radius 2 is 2.25 bits per heavy atom. The van der Waals surface area contributed by atoms with Crippen LogP contribution in [0.1, 0.15) is 33.6 Å². The van der Waals surface area contributed by atoms with Gasteiger partial charge in [0.25, 0.3) is 5.56 Å². The first-order valence-corrected chi connectivity index (χ1v) is 6.92. The van der Waals surface area contributed by atoms with Crippen LogP contribution in [-0.2, 0) is 11.3 Å². The van der Waals surface area contributed by atoms with Crippen molar-refractivity contribution in [2.75, 3.05) is 11.4 Å². The Labute approximate surface area is 118 Å². The van der Waals surface area contributed by atoms with Gasteiger partial charge in [0.2, 0.25) is 0 Å². The number of aliphatic carboxylic acids is 1. The van der Waals surface area contributed by atoms with Gasteiger partial charge in [0.15, 0.2) is 5.82 Å². The first-order chi connectivity index (χ1) is 9.36. The maximum absolute atomic E-state index is 12.5. The summed E-state index contributed by atoms with van der Waals surface area (Å²) >= 11 is 0. The van der Waals surface area contributed by atoms with Crippen LogP contribution in [0, 0.1) is 5.92 Å². The molecule has 6 heteroatoms. The fraction of sp³-hybridized carbons (Fsp3) is 0.643. The topological polar surface area (TPSA) is 75.4 Å².